The number of hydrogen-bond acceptors (Lipinski definition) is 3. The largest absolute Gasteiger partial charge is 0.379 e. The third-order valence-electron chi connectivity index (χ3n) is 4.64. The van der Waals surface area contributed by atoms with Crippen molar-refractivity contribution in [2.75, 3.05) is 32.8 Å². The van der Waals surface area contributed by atoms with Gasteiger partial charge in [0.1, 0.15) is 0 Å². The molecule has 2 rings (SSSR count). The average Bonchev–Trinajstić information content (AvgIpc) is 2.59. The lowest BCUT2D eigenvalue weighted by atomic mass is 10.0. The molecule has 0 radical (unpaired) electrons. The van der Waals surface area contributed by atoms with Crippen LogP contribution in [-0.2, 0) is 4.74 Å². The Kier molecular flexibility index (Phi) is 7.25. The van der Waals surface area contributed by atoms with E-state index in [2.05, 4.69) is 37.9 Å². The van der Waals surface area contributed by atoms with E-state index in [9.17, 15) is 4.79 Å². The SMILES string of the molecule is CC(C)CC(CNC(=O)c1ccc(C(C)C)cc1)N1CCOCC1. The van der Waals surface area contributed by atoms with Crippen molar-refractivity contribution in [3.05, 3.63) is 35.4 Å². The van der Waals surface area contributed by atoms with Gasteiger partial charge in [-0.2, -0.15) is 0 Å². The lowest BCUT2D eigenvalue weighted by Crippen LogP contribution is -2.49. The minimum absolute atomic E-state index is 0.0207. The first kappa shape index (κ1) is 18.9. The first-order valence-corrected chi connectivity index (χ1v) is 9.17. The fourth-order valence-corrected chi connectivity index (χ4v) is 3.18. The number of nitrogens with zero attached hydrogens (tertiary/aromatic N) is 1. The van der Waals surface area contributed by atoms with Gasteiger partial charge in [0, 0.05) is 31.2 Å². The summed E-state index contributed by atoms with van der Waals surface area (Å²) in [4.78, 5) is 14.9. The number of carbonyl (C=O) groups excluding carboxylic acids is 1. The van der Waals surface area contributed by atoms with Gasteiger partial charge in [-0.15, -0.1) is 0 Å². The van der Waals surface area contributed by atoms with Crippen molar-refractivity contribution in [1.82, 2.24) is 10.2 Å². The van der Waals surface area contributed by atoms with Crippen LogP contribution < -0.4 is 5.32 Å². The first-order valence-electron chi connectivity index (χ1n) is 9.17. The molecular weight excluding hydrogens is 300 g/mol. The van der Waals surface area contributed by atoms with Crippen molar-refractivity contribution in [1.29, 1.82) is 0 Å². The minimum atomic E-state index is 0.0207. The molecule has 1 aromatic carbocycles. The summed E-state index contributed by atoms with van der Waals surface area (Å²) in [7, 11) is 0. The first-order chi connectivity index (χ1) is 11.5. The van der Waals surface area contributed by atoms with Crippen molar-refractivity contribution in [2.24, 2.45) is 5.92 Å². The summed E-state index contributed by atoms with van der Waals surface area (Å²) in [6, 6.07) is 8.33. The number of amides is 1. The van der Waals surface area contributed by atoms with E-state index in [1.165, 1.54) is 5.56 Å². The molecule has 1 amide bonds. The lowest BCUT2D eigenvalue weighted by molar-refractivity contribution is 0.0124. The summed E-state index contributed by atoms with van der Waals surface area (Å²) in [5, 5.41) is 3.13. The summed E-state index contributed by atoms with van der Waals surface area (Å²) in [5.74, 6) is 1.12. The van der Waals surface area contributed by atoms with Crippen LogP contribution in [0.25, 0.3) is 0 Å². The van der Waals surface area contributed by atoms with Gasteiger partial charge in [0.25, 0.3) is 5.91 Å². The van der Waals surface area contributed by atoms with Crippen LogP contribution in [0.3, 0.4) is 0 Å². The predicted molar refractivity (Wildman–Crippen MR) is 98.5 cm³/mol. The minimum Gasteiger partial charge on any atom is -0.379 e. The molecule has 0 aromatic heterocycles. The Morgan fingerprint density at radius 1 is 1.12 bits per heavy atom. The van der Waals surface area contributed by atoms with Crippen LogP contribution in [0.1, 0.15) is 56.0 Å². The Balaban J connectivity index is 1.93. The zero-order valence-electron chi connectivity index (χ0n) is 15.5. The van der Waals surface area contributed by atoms with Gasteiger partial charge in [-0.3, -0.25) is 9.69 Å². The molecule has 24 heavy (non-hydrogen) atoms. The molecule has 1 atom stereocenters. The van der Waals surface area contributed by atoms with Gasteiger partial charge in [0.15, 0.2) is 0 Å². The maximum Gasteiger partial charge on any atom is 0.251 e. The zero-order valence-corrected chi connectivity index (χ0v) is 15.5. The monoisotopic (exact) mass is 332 g/mol. The normalized spacial score (nSPS) is 17.2. The smallest absolute Gasteiger partial charge is 0.251 e. The van der Waals surface area contributed by atoms with E-state index >= 15 is 0 Å². The predicted octanol–water partition coefficient (Wildman–Crippen LogP) is 3.29. The van der Waals surface area contributed by atoms with E-state index in [1.54, 1.807) is 0 Å². The molecule has 1 aliphatic heterocycles. The second-order valence-corrected chi connectivity index (χ2v) is 7.42. The molecule has 1 saturated heterocycles. The third kappa shape index (κ3) is 5.60. The van der Waals surface area contributed by atoms with E-state index in [-0.39, 0.29) is 5.91 Å². The molecule has 1 heterocycles. The fourth-order valence-electron chi connectivity index (χ4n) is 3.18. The van der Waals surface area contributed by atoms with Gasteiger partial charge in [0.05, 0.1) is 13.2 Å². The van der Waals surface area contributed by atoms with Crippen LogP contribution in [0.2, 0.25) is 0 Å². The molecule has 1 fully saturated rings. The Bertz CT molecular complexity index is 505. The van der Waals surface area contributed by atoms with Crippen LogP contribution in [0.15, 0.2) is 24.3 Å². The molecule has 0 spiro atoms. The number of ether oxygens (including phenoxy) is 1. The Labute approximate surface area is 146 Å². The molecule has 0 saturated carbocycles. The van der Waals surface area contributed by atoms with E-state index in [1.807, 2.05) is 24.3 Å². The number of benzene rings is 1. The lowest BCUT2D eigenvalue weighted by Gasteiger charge is -2.35. The van der Waals surface area contributed by atoms with Gasteiger partial charge in [0.2, 0.25) is 0 Å². The summed E-state index contributed by atoms with van der Waals surface area (Å²) < 4.78 is 5.45. The summed E-state index contributed by atoms with van der Waals surface area (Å²) in [6.45, 7) is 13.0. The van der Waals surface area contributed by atoms with Crippen molar-refractivity contribution in [3.63, 3.8) is 0 Å². The summed E-state index contributed by atoms with van der Waals surface area (Å²) in [6.07, 6.45) is 1.09. The number of hydrogen-bond donors (Lipinski definition) is 1. The van der Waals surface area contributed by atoms with Gasteiger partial charge in [-0.1, -0.05) is 39.8 Å². The maximum absolute atomic E-state index is 12.4. The standard InChI is InChI=1S/C20H32N2O2/c1-15(2)13-19(22-9-11-24-12-10-22)14-21-20(23)18-7-5-17(6-8-18)16(3)4/h5-8,15-16,19H,9-14H2,1-4H3,(H,21,23). The van der Waals surface area contributed by atoms with E-state index in [0.717, 1.165) is 38.3 Å². The van der Waals surface area contributed by atoms with Crippen LogP contribution in [0.5, 0.6) is 0 Å². The van der Waals surface area contributed by atoms with Crippen LogP contribution in [-0.4, -0.2) is 49.7 Å². The Morgan fingerprint density at radius 3 is 2.29 bits per heavy atom. The van der Waals surface area contributed by atoms with E-state index < -0.39 is 0 Å². The van der Waals surface area contributed by atoms with Gasteiger partial charge in [-0.25, -0.2) is 0 Å². The van der Waals surface area contributed by atoms with Crippen molar-refractivity contribution in [2.45, 2.75) is 46.1 Å². The highest BCUT2D eigenvalue weighted by atomic mass is 16.5. The maximum atomic E-state index is 12.4. The van der Waals surface area contributed by atoms with Gasteiger partial charge < -0.3 is 10.1 Å². The van der Waals surface area contributed by atoms with E-state index in [0.29, 0.717) is 24.4 Å². The zero-order chi connectivity index (χ0) is 17.5. The molecule has 0 bridgehead atoms. The molecule has 134 valence electrons. The fraction of sp³-hybridized carbons (Fsp3) is 0.650. The van der Waals surface area contributed by atoms with Gasteiger partial charge >= 0.3 is 0 Å². The third-order valence-corrected chi connectivity index (χ3v) is 4.64. The topological polar surface area (TPSA) is 41.6 Å². The molecule has 1 unspecified atom stereocenters. The number of nitrogens with one attached hydrogen (secondary N) is 1. The number of morpholine rings is 1. The Hall–Kier alpha value is -1.39. The van der Waals surface area contributed by atoms with Crippen molar-refractivity contribution >= 4 is 5.91 Å². The molecule has 4 nitrogen and oxygen atoms in total. The highest BCUT2D eigenvalue weighted by Crippen LogP contribution is 2.15. The molecule has 0 aliphatic carbocycles. The highest BCUT2D eigenvalue weighted by Gasteiger charge is 2.22. The number of rotatable bonds is 7. The van der Waals surface area contributed by atoms with Crippen LogP contribution >= 0.6 is 0 Å². The van der Waals surface area contributed by atoms with Crippen LogP contribution in [0, 0.1) is 5.92 Å². The quantitative estimate of drug-likeness (QED) is 0.833. The summed E-state index contributed by atoms with van der Waals surface area (Å²) >= 11 is 0. The summed E-state index contributed by atoms with van der Waals surface area (Å²) in [5.41, 5.74) is 2.00. The van der Waals surface area contributed by atoms with Gasteiger partial charge in [-0.05, 0) is 36.0 Å². The number of carbonyl (C=O) groups is 1. The highest BCUT2D eigenvalue weighted by molar-refractivity contribution is 5.94. The van der Waals surface area contributed by atoms with Crippen molar-refractivity contribution < 1.29 is 9.53 Å². The second-order valence-electron chi connectivity index (χ2n) is 7.42. The Morgan fingerprint density at radius 2 is 1.75 bits per heavy atom. The van der Waals surface area contributed by atoms with Crippen molar-refractivity contribution in [3.8, 4) is 0 Å². The molecule has 4 heteroatoms. The molecule has 1 aliphatic rings. The molecule has 1 aromatic rings. The molecule has 1 N–H and O–H groups in total. The van der Waals surface area contributed by atoms with Crippen LogP contribution in [0.4, 0.5) is 0 Å². The average molecular weight is 332 g/mol. The van der Waals surface area contributed by atoms with E-state index in [4.69, 9.17) is 4.74 Å². The second kappa shape index (κ2) is 9.19. The molecular formula is C20H32N2O2.